The molecule has 0 amide bonds. The molecule has 0 spiro atoms. The standard InChI is InChI=1S/C14H17N/c1-11-3-5-12(6-4-11)13-7-9-14(15-2)10-8-13/h3-7,9,15H,8,10H2,1-2H3. The highest BCUT2D eigenvalue weighted by Crippen LogP contribution is 2.25. The lowest BCUT2D eigenvalue weighted by Crippen LogP contribution is -2.07. The van der Waals surface area contributed by atoms with Crippen molar-refractivity contribution in [2.24, 2.45) is 0 Å². The highest BCUT2D eigenvalue weighted by molar-refractivity contribution is 5.68. The number of benzene rings is 1. The Hall–Kier alpha value is -1.50. The molecule has 1 nitrogen and oxygen atoms in total. The number of hydrogen-bond donors (Lipinski definition) is 1. The van der Waals surface area contributed by atoms with E-state index < -0.39 is 0 Å². The molecule has 0 radical (unpaired) electrons. The predicted molar refractivity (Wildman–Crippen MR) is 65.5 cm³/mol. The van der Waals surface area contributed by atoms with Crippen molar-refractivity contribution < 1.29 is 0 Å². The number of nitrogens with one attached hydrogen (secondary N) is 1. The third kappa shape index (κ3) is 2.30. The Bertz CT molecular complexity index is 396. The Morgan fingerprint density at radius 2 is 1.73 bits per heavy atom. The van der Waals surface area contributed by atoms with Crippen LogP contribution in [0.5, 0.6) is 0 Å². The molecule has 0 atom stereocenters. The van der Waals surface area contributed by atoms with Gasteiger partial charge in [-0.25, -0.2) is 0 Å². The molecule has 2 rings (SSSR count). The SMILES string of the molecule is CNC1=CC=C(c2ccc(C)cc2)CC1. The summed E-state index contributed by atoms with van der Waals surface area (Å²) in [5.41, 5.74) is 5.44. The zero-order chi connectivity index (χ0) is 10.7. The van der Waals surface area contributed by atoms with Crippen LogP contribution in [0.15, 0.2) is 42.1 Å². The van der Waals surface area contributed by atoms with E-state index in [1.165, 1.54) is 22.4 Å². The zero-order valence-corrected chi connectivity index (χ0v) is 9.38. The van der Waals surface area contributed by atoms with E-state index in [4.69, 9.17) is 0 Å². The van der Waals surface area contributed by atoms with E-state index in [9.17, 15) is 0 Å². The fourth-order valence-corrected chi connectivity index (χ4v) is 1.85. The van der Waals surface area contributed by atoms with Crippen molar-refractivity contribution in [3.8, 4) is 0 Å². The van der Waals surface area contributed by atoms with E-state index in [1.54, 1.807) is 0 Å². The molecule has 0 saturated carbocycles. The molecule has 0 fully saturated rings. The third-order valence-corrected chi connectivity index (χ3v) is 2.89. The van der Waals surface area contributed by atoms with Gasteiger partial charge in [-0.05, 0) is 37.0 Å². The van der Waals surface area contributed by atoms with Gasteiger partial charge in [0.25, 0.3) is 0 Å². The van der Waals surface area contributed by atoms with Crippen molar-refractivity contribution in [2.75, 3.05) is 7.05 Å². The van der Waals surface area contributed by atoms with E-state index in [0.29, 0.717) is 0 Å². The molecule has 1 aromatic rings. The van der Waals surface area contributed by atoms with Crippen LogP contribution >= 0.6 is 0 Å². The summed E-state index contributed by atoms with van der Waals surface area (Å²) in [7, 11) is 1.98. The maximum atomic E-state index is 3.20. The fourth-order valence-electron chi connectivity index (χ4n) is 1.85. The van der Waals surface area contributed by atoms with Gasteiger partial charge >= 0.3 is 0 Å². The van der Waals surface area contributed by atoms with Crippen molar-refractivity contribution in [1.82, 2.24) is 5.32 Å². The molecule has 1 heteroatoms. The smallest absolute Gasteiger partial charge is 0.0107 e. The van der Waals surface area contributed by atoms with Gasteiger partial charge in [0, 0.05) is 12.7 Å². The minimum absolute atomic E-state index is 1.12. The summed E-state index contributed by atoms with van der Waals surface area (Å²) in [4.78, 5) is 0. The Morgan fingerprint density at radius 3 is 2.27 bits per heavy atom. The monoisotopic (exact) mass is 199 g/mol. The van der Waals surface area contributed by atoms with Crippen LogP contribution in [-0.4, -0.2) is 7.05 Å². The van der Waals surface area contributed by atoms with Gasteiger partial charge in [0.1, 0.15) is 0 Å². The van der Waals surface area contributed by atoms with Crippen LogP contribution in [0.25, 0.3) is 5.57 Å². The van der Waals surface area contributed by atoms with Crippen molar-refractivity contribution in [2.45, 2.75) is 19.8 Å². The van der Waals surface area contributed by atoms with Crippen LogP contribution in [0.2, 0.25) is 0 Å². The van der Waals surface area contributed by atoms with Crippen molar-refractivity contribution in [3.05, 3.63) is 53.2 Å². The van der Waals surface area contributed by atoms with Gasteiger partial charge in [0.15, 0.2) is 0 Å². The molecule has 0 saturated heterocycles. The summed E-state index contributed by atoms with van der Waals surface area (Å²) in [6.07, 6.45) is 6.66. The molecule has 0 unspecified atom stereocenters. The lowest BCUT2D eigenvalue weighted by Gasteiger charge is -2.14. The highest BCUT2D eigenvalue weighted by atomic mass is 14.8. The lowest BCUT2D eigenvalue weighted by atomic mass is 9.95. The lowest BCUT2D eigenvalue weighted by molar-refractivity contribution is 0.850. The van der Waals surface area contributed by atoms with Crippen LogP contribution < -0.4 is 5.32 Å². The van der Waals surface area contributed by atoms with Crippen LogP contribution in [-0.2, 0) is 0 Å². The molecule has 0 bridgehead atoms. The van der Waals surface area contributed by atoms with E-state index in [2.05, 4.69) is 48.7 Å². The molecular formula is C14H17N. The molecule has 15 heavy (non-hydrogen) atoms. The van der Waals surface area contributed by atoms with Crippen molar-refractivity contribution in [3.63, 3.8) is 0 Å². The van der Waals surface area contributed by atoms with E-state index in [1.807, 2.05) is 7.05 Å². The molecule has 0 heterocycles. The first-order chi connectivity index (χ1) is 7.29. The minimum atomic E-state index is 1.12. The first kappa shape index (κ1) is 10.0. The number of rotatable bonds is 2. The Labute approximate surface area is 91.5 Å². The van der Waals surface area contributed by atoms with Crippen LogP contribution in [0.1, 0.15) is 24.0 Å². The van der Waals surface area contributed by atoms with Crippen LogP contribution in [0, 0.1) is 6.92 Å². The summed E-state index contributed by atoms with van der Waals surface area (Å²) in [5.74, 6) is 0. The third-order valence-electron chi connectivity index (χ3n) is 2.89. The molecule has 1 aliphatic rings. The molecule has 78 valence electrons. The van der Waals surface area contributed by atoms with Gasteiger partial charge in [0.2, 0.25) is 0 Å². The Kier molecular flexibility index (Phi) is 2.91. The van der Waals surface area contributed by atoms with E-state index in [-0.39, 0.29) is 0 Å². The molecule has 0 aromatic heterocycles. The number of hydrogen-bond acceptors (Lipinski definition) is 1. The fraction of sp³-hybridized carbons (Fsp3) is 0.286. The second-order valence-corrected chi connectivity index (χ2v) is 4.00. The molecule has 0 aliphatic heterocycles. The summed E-state index contributed by atoms with van der Waals surface area (Å²) < 4.78 is 0. The maximum absolute atomic E-state index is 3.20. The van der Waals surface area contributed by atoms with Crippen molar-refractivity contribution >= 4 is 5.57 Å². The molecular weight excluding hydrogens is 182 g/mol. The molecule has 1 aromatic carbocycles. The largest absolute Gasteiger partial charge is 0.391 e. The second kappa shape index (κ2) is 4.35. The maximum Gasteiger partial charge on any atom is 0.0107 e. The van der Waals surface area contributed by atoms with Crippen molar-refractivity contribution in [1.29, 1.82) is 0 Å². The minimum Gasteiger partial charge on any atom is -0.391 e. The summed E-state index contributed by atoms with van der Waals surface area (Å²) in [6, 6.07) is 8.76. The van der Waals surface area contributed by atoms with Crippen LogP contribution in [0.3, 0.4) is 0 Å². The van der Waals surface area contributed by atoms with E-state index >= 15 is 0 Å². The number of allylic oxidation sites excluding steroid dienone is 4. The first-order valence-electron chi connectivity index (χ1n) is 5.44. The average molecular weight is 199 g/mol. The zero-order valence-electron chi connectivity index (χ0n) is 9.38. The molecule has 1 aliphatic carbocycles. The summed E-state index contributed by atoms with van der Waals surface area (Å²) in [6.45, 7) is 2.12. The van der Waals surface area contributed by atoms with Gasteiger partial charge in [-0.2, -0.15) is 0 Å². The van der Waals surface area contributed by atoms with Crippen LogP contribution in [0.4, 0.5) is 0 Å². The van der Waals surface area contributed by atoms with Gasteiger partial charge in [-0.15, -0.1) is 0 Å². The Balaban J connectivity index is 2.22. The predicted octanol–water partition coefficient (Wildman–Crippen LogP) is 3.28. The van der Waals surface area contributed by atoms with Gasteiger partial charge in [0.05, 0.1) is 0 Å². The Morgan fingerprint density at radius 1 is 1.00 bits per heavy atom. The quantitative estimate of drug-likeness (QED) is 0.770. The second-order valence-electron chi connectivity index (χ2n) is 4.00. The summed E-state index contributed by atoms with van der Waals surface area (Å²) >= 11 is 0. The van der Waals surface area contributed by atoms with Gasteiger partial charge in [-0.1, -0.05) is 35.9 Å². The first-order valence-corrected chi connectivity index (χ1v) is 5.44. The normalized spacial score (nSPS) is 15.6. The van der Waals surface area contributed by atoms with Gasteiger partial charge < -0.3 is 5.32 Å². The molecule has 1 N–H and O–H groups in total. The van der Waals surface area contributed by atoms with Gasteiger partial charge in [-0.3, -0.25) is 0 Å². The number of aryl methyl sites for hydroxylation is 1. The van der Waals surface area contributed by atoms with E-state index in [0.717, 1.165) is 12.8 Å². The topological polar surface area (TPSA) is 12.0 Å². The average Bonchev–Trinajstić information content (AvgIpc) is 2.30. The highest BCUT2D eigenvalue weighted by Gasteiger charge is 2.06. The summed E-state index contributed by atoms with van der Waals surface area (Å²) in [5, 5.41) is 3.20.